The van der Waals surface area contributed by atoms with Gasteiger partial charge in [-0.25, -0.2) is 22.8 Å². The van der Waals surface area contributed by atoms with E-state index in [4.69, 9.17) is 29.9 Å². The minimum absolute atomic E-state index is 0.290. The lowest BCUT2D eigenvalue weighted by Crippen LogP contribution is -2.75. The van der Waals surface area contributed by atoms with Crippen molar-refractivity contribution >= 4 is 116 Å². The summed E-state index contributed by atoms with van der Waals surface area (Å²) in [5, 5.41) is 0. The van der Waals surface area contributed by atoms with Crippen LogP contribution in [0.15, 0.2) is 232 Å². The van der Waals surface area contributed by atoms with Gasteiger partial charge in [0.1, 0.15) is 40.8 Å². The molecule has 0 spiro atoms. The molecular formula is C98H88B5N12+5. The third-order valence-corrected chi connectivity index (χ3v) is 27.1. The lowest BCUT2D eigenvalue weighted by Gasteiger charge is -2.34. The average molecular weight is 1490 g/mol. The van der Waals surface area contributed by atoms with Crippen LogP contribution in [0.25, 0.3) is 0 Å². The Labute approximate surface area is 675 Å². The highest BCUT2D eigenvalue weighted by Crippen LogP contribution is 2.28. The molecule has 115 heavy (non-hydrogen) atoms. The second-order valence-electron chi connectivity index (χ2n) is 33.7. The predicted octanol–water partition coefficient (Wildman–Crippen LogP) is 1.49. The summed E-state index contributed by atoms with van der Waals surface area (Å²) in [7, 11) is 10.8. The third-order valence-electron chi connectivity index (χ3n) is 27.1. The van der Waals surface area contributed by atoms with E-state index >= 15 is 0 Å². The highest BCUT2D eigenvalue weighted by Gasteiger charge is 2.51. The standard InChI is InChI=1S/C20H18BN2.2C20H17BN2.2C19H18BN3/c1-13-5-3-6-14-12-17-19-15(8-9-22-17)11-16-7-4-10-23(2)20(16)21(19)18(13)14;1-12-4-3-5-14-10-17-20-15(7-9-23-17)11-16-19(21(20)18(12)14)13(2)6-8-22-16;1-12-4-3-5-14-9-17-20-15(6-7-23-17)8-16-11-22-10-13(2)19(16)21(20)18(12)14;2*1-22-9-3-5-14-11-13-7-8-21-16-12-15-6-4-10-23(2)19(15)20(17(13)16)18(14)22/h3-10H,11-12H2,1-2H3;3-9H,10-11H2,1-2H3;3-7,10-11H,8-9H2,1-2H3;2*3-10H,11-12H2,1-2H3/q+1;;;2*+2. The van der Waals surface area contributed by atoms with Gasteiger partial charge in [0.25, 0.3) is 0 Å². The Morgan fingerprint density at radius 3 is 0.826 bits per heavy atom. The van der Waals surface area contributed by atoms with Crippen molar-refractivity contribution in [3.05, 3.63) is 372 Å². The van der Waals surface area contributed by atoms with Gasteiger partial charge in [-0.05, 0) is 196 Å². The molecule has 12 nitrogen and oxygen atoms in total. The van der Waals surface area contributed by atoms with Gasteiger partial charge in [0.15, 0.2) is 53.4 Å². The first-order chi connectivity index (χ1) is 56.2. The molecule has 0 amide bonds. The maximum atomic E-state index is 4.73. The first kappa shape index (κ1) is 70.6. The van der Waals surface area contributed by atoms with E-state index in [0.29, 0.717) is 33.6 Å². The molecule has 17 heteroatoms. The smallest absolute Gasteiger partial charge is 0.264 e. The number of aryl methyl sites for hydroxylation is 10. The van der Waals surface area contributed by atoms with Crippen LogP contribution in [0.5, 0.6) is 0 Å². The summed E-state index contributed by atoms with van der Waals surface area (Å²) in [6, 6.07) is 55.3. The Bertz CT molecular complexity index is 5200. The number of pyridine rings is 12. The summed E-state index contributed by atoms with van der Waals surface area (Å²) in [5.74, 6) is 0. The summed E-state index contributed by atoms with van der Waals surface area (Å²) in [5.41, 5.74) is 55.9. The number of benzene rings is 3. The molecule has 0 N–H and O–H groups in total. The van der Waals surface area contributed by atoms with Gasteiger partial charge >= 0.3 is 20.1 Å². The lowest BCUT2D eigenvalue weighted by atomic mass is 9.30. The number of hydrogen-bond donors (Lipinski definition) is 0. The fraction of sp³-hybridized carbons (Fsp3) is 0.204. The third kappa shape index (κ3) is 11.4. The van der Waals surface area contributed by atoms with Crippen LogP contribution in [0, 0.1) is 34.6 Å². The maximum Gasteiger partial charge on any atom is 0.408 e. The summed E-state index contributed by atoms with van der Waals surface area (Å²) < 4.78 is 11.5. The molecule has 25 rings (SSSR count). The van der Waals surface area contributed by atoms with Gasteiger partial charge in [0.05, 0.1) is 0 Å². The van der Waals surface area contributed by atoms with Crippen LogP contribution in [0.1, 0.15) is 140 Å². The molecule has 0 saturated carbocycles. The van der Waals surface area contributed by atoms with Crippen LogP contribution in [0.2, 0.25) is 0 Å². The maximum absolute atomic E-state index is 4.73. The Hall–Kier alpha value is -12.2. The van der Waals surface area contributed by atoms with Crippen molar-refractivity contribution in [1.29, 1.82) is 0 Å². The van der Waals surface area contributed by atoms with E-state index < -0.39 is 0 Å². The number of hydrogen-bond acceptors (Lipinski definition) is 7. The Kier molecular flexibility index (Phi) is 17.1. The van der Waals surface area contributed by atoms with Crippen molar-refractivity contribution in [1.82, 2.24) is 34.9 Å². The Morgan fingerprint density at radius 2 is 0.452 bits per heavy atom. The molecule has 3 aromatic carbocycles. The van der Waals surface area contributed by atoms with E-state index in [2.05, 4.69) is 287 Å². The van der Waals surface area contributed by atoms with Gasteiger partial charge in [-0.2, -0.15) is 0 Å². The Morgan fingerprint density at radius 1 is 0.209 bits per heavy atom. The summed E-state index contributed by atoms with van der Waals surface area (Å²) in [6.07, 6.45) is 36.4. The van der Waals surface area contributed by atoms with Gasteiger partial charge in [-0.3, -0.25) is 34.9 Å². The monoisotopic (exact) mass is 1490 g/mol. The van der Waals surface area contributed by atoms with Crippen LogP contribution >= 0.6 is 0 Å². The molecule has 12 aromatic heterocycles. The van der Waals surface area contributed by atoms with E-state index in [1.54, 1.807) is 0 Å². The number of aromatic nitrogens is 12. The highest BCUT2D eigenvalue weighted by molar-refractivity contribution is 6.99. The van der Waals surface area contributed by atoms with E-state index in [1.807, 2.05) is 43.4 Å². The lowest BCUT2D eigenvalue weighted by molar-refractivity contribution is -0.659. The molecule has 0 atom stereocenters. The largest absolute Gasteiger partial charge is 0.408 e. The number of rotatable bonds is 0. The van der Waals surface area contributed by atoms with Crippen molar-refractivity contribution in [2.24, 2.45) is 35.2 Å². The quantitative estimate of drug-likeness (QED) is 0.168. The SMILES string of the molecule is C[n+]1cccc2c1B1c3c(ccnc3Cc3ccc[n+](C)c31)C2.C[n+]1cccc2c1B1c3c(ccnc3Cc3ccc[n+](C)c31)C2.Cc1cccc2c1B1c3c(C)ccnc3Cc3ccnc(c31)C2.Cc1cccc2c1B1c3c(ccnc3C2)Cc2ccc[n+](C)c21.Cc1cncc2c1B1c3c(C)cccc3Cc3nccc(c31)C2. The predicted molar refractivity (Wildman–Crippen MR) is 462 cm³/mol. The van der Waals surface area contributed by atoms with Crippen LogP contribution in [-0.4, -0.2) is 68.5 Å². The zero-order valence-corrected chi connectivity index (χ0v) is 67.3. The molecule has 0 radical (unpaired) electrons. The molecule has 0 fully saturated rings. The van der Waals surface area contributed by atoms with Crippen molar-refractivity contribution in [2.45, 2.75) is 98.8 Å². The average Bonchev–Trinajstić information content (AvgIpc) is 0.747. The zero-order chi connectivity index (χ0) is 77.8. The van der Waals surface area contributed by atoms with Gasteiger partial charge in [0.2, 0.25) is 13.4 Å². The topological polar surface area (TPSA) is 110 Å². The van der Waals surface area contributed by atoms with Crippen LogP contribution in [0.3, 0.4) is 0 Å². The number of fused-ring (bicyclic) bond motifs is 20. The fourth-order valence-electron chi connectivity index (χ4n) is 22.4. The molecule has 0 saturated heterocycles. The van der Waals surface area contributed by atoms with Crippen molar-refractivity contribution in [2.75, 3.05) is 0 Å². The normalized spacial score (nSPS) is 14.1. The second kappa shape index (κ2) is 27.8. The van der Waals surface area contributed by atoms with Crippen molar-refractivity contribution < 1.29 is 22.8 Å². The second-order valence-corrected chi connectivity index (χ2v) is 33.7. The molecule has 0 bridgehead atoms. The first-order valence-electron chi connectivity index (χ1n) is 41.0. The summed E-state index contributed by atoms with van der Waals surface area (Å²) in [4.78, 5) is 32.8. The first-order valence-corrected chi connectivity index (χ1v) is 41.0. The van der Waals surface area contributed by atoms with E-state index in [1.165, 1.54) is 222 Å². The van der Waals surface area contributed by atoms with E-state index in [0.717, 1.165) is 64.2 Å². The van der Waals surface area contributed by atoms with Crippen LogP contribution in [-0.2, 0) is 99.4 Å². The minimum Gasteiger partial charge on any atom is -0.264 e. The molecule has 550 valence electrons. The molecule has 15 aromatic rings. The van der Waals surface area contributed by atoms with Gasteiger partial charge in [-0.15, -0.1) is 0 Å². The van der Waals surface area contributed by atoms with Crippen LogP contribution < -0.4 is 105 Å². The highest BCUT2D eigenvalue weighted by atomic mass is 15.0. The van der Waals surface area contributed by atoms with Gasteiger partial charge in [-0.1, -0.05) is 98.7 Å². The van der Waals surface area contributed by atoms with Crippen LogP contribution in [0.4, 0.5) is 0 Å². The van der Waals surface area contributed by atoms with Gasteiger partial charge in [0, 0.05) is 200 Å². The van der Waals surface area contributed by atoms with Crippen molar-refractivity contribution in [3.8, 4) is 0 Å². The Balaban J connectivity index is 0.0000000900. The molecule has 10 aliphatic heterocycles. The fourth-order valence-corrected chi connectivity index (χ4v) is 22.4. The molecule has 22 heterocycles. The molecule has 10 aliphatic rings. The molecular weight excluding hydrogens is 1400 g/mol. The summed E-state index contributed by atoms with van der Waals surface area (Å²) >= 11 is 0. The molecule has 0 unspecified atom stereocenters. The summed E-state index contributed by atoms with van der Waals surface area (Å²) in [6.45, 7) is 12.7. The van der Waals surface area contributed by atoms with E-state index in [-0.39, 0.29) is 0 Å². The van der Waals surface area contributed by atoms with E-state index in [9.17, 15) is 0 Å². The number of nitrogens with zero attached hydrogens (tertiary/aromatic N) is 12. The minimum atomic E-state index is 0.290. The van der Waals surface area contributed by atoms with Gasteiger partial charge < -0.3 is 0 Å². The van der Waals surface area contributed by atoms with Crippen molar-refractivity contribution in [3.63, 3.8) is 0 Å². The zero-order valence-electron chi connectivity index (χ0n) is 67.3. The molecule has 0 aliphatic carbocycles.